The van der Waals surface area contributed by atoms with Crippen molar-refractivity contribution < 1.29 is 4.21 Å². The van der Waals surface area contributed by atoms with Gasteiger partial charge >= 0.3 is 0 Å². The number of hydrogen-bond acceptors (Lipinski definition) is 2. The summed E-state index contributed by atoms with van der Waals surface area (Å²) in [6.45, 7) is 3.21. The molecule has 2 nitrogen and oxygen atoms in total. The maximum atomic E-state index is 12.5. The number of benzene rings is 1. The summed E-state index contributed by atoms with van der Waals surface area (Å²) < 4.78 is 12.5. The molecule has 0 saturated heterocycles. The first-order chi connectivity index (χ1) is 10.2. The van der Waals surface area contributed by atoms with E-state index in [9.17, 15) is 4.21 Å². The van der Waals surface area contributed by atoms with Gasteiger partial charge in [-0.05, 0) is 49.4 Å². The summed E-state index contributed by atoms with van der Waals surface area (Å²) in [6.07, 6.45) is 6.38. The van der Waals surface area contributed by atoms with Crippen molar-refractivity contribution in [1.82, 2.24) is 5.32 Å². The van der Waals surface area contributed by atoms with E-state index < -0.39 is 10.8 Å². The second kappa shape index (κ2) is 8.92. The van der Waals surface area contributed by atoms with Gasteiger partial charge in [0.1, 0.15) is 0 Å². The summed E-state index contributed by atoms with van der Waals surface area (Å²) >= 11 is 5.89. The van der Waals surface area contributed by atoms with Gasteiger partial charge in [-0.1, -0.05) is 43.5 Å². The second-order valence-corrected chi connectivity index (χ2v) is 7.92. The van der Waals surface area contributed by atoms with Crippen molar-refractivity contribution in [3.8, 4) is 0 Å². The number of halogens is 1. The molecule has 2 rings (SSSR count). The third-order valence-corrected chi connectivity index (χ3v) is 5.87. The monoisotopic (exact) mass is 327 g/mol. The molecule has 0 bridgehead atoms. The van der Waals surface area contributed by atoms with Crippen LogP contribution in [0, 0.1) is 5.92 Å². The number of hydrogen-bond donors (Lipinski definition) is 1. The van der Waals surface area contributed by atoms with Gasteiger partial charge in [0, 0.05) is 33.4 Å². The first-order valence-electron chi connectivity index (χ1n) is 8.02. The quantitative estimate of drug-likeness (QED) is 0.777. The molecule has 1 saturated carbocycles. The topological polar surface area (TPSA) is 29.1 Å². The van der Waals surface area contributed by atoms with E-state index in [0.29, 0.717) is 17.7 Å². The fraction of sp³-hybridized carbons (Fsp3) is 0.647. The first kappa shape index (κ1) is 17.0. The van der Waals surface area contributed by atoms with Crippen molar-refractivity contribution in [2.24, 2.45) is 5.92 Å². The SMILES string of the molecule is CCCNC(CS(=O)Cc1ccc(Cl)cc1)C1CCCC1. The molecule has 21 heavy (non-hydrogen) atoms. The van der Waals surface area contributed by atoms with Crippen molar-refractivity contribution in [2.75, 3.05) is 12.3 Å². The molecule has 1 aliphatic rings. The van der Waals surface area contributed by atoms with E-state index in [4.69, 9.17) is 11.6 Å². The Labute approximate surface area is 136 Å². The van der Waals surface area contributed by atoms with Gasteiger partial charge in [0.15, 0.2) is 0 Å². The standard InChI is InChI=1S/C17H26ClNOS/c1-2-11-19-17(15-5-3-4-6-15)13-21(20)12-14-7-9-16(18)10-8-14/h7-10,15,17,19H,2-6,11-13H2,1H3. The van der Waals surface area contributed by atoms with E-state index in [2.05, 4.69) is 12.2 Å². The van der Waals surface area contributed by atoms with Gasteiger partial charge in [0.2, 0.25) is 0 Å². The Morgan fingerprint density at radius 2 is 1.95 bits per heavy atom. The molecule has 0 heterocycles. The molecule has 1 fully saturated rings. The van der Waals surface area contributed by atoms with Crippen LogP contribution in [0.25, 0.3) is 0 Å². The van der Waals surface area contributed by atoms with Gasteiger partial charge in [-0.3, -0.25) is 4.21 Å². The van der Waals surface area contributed by atoms with Gasteiger partial charge < -0.3 is 5.32 Å². The summed E-state index contributed by atoms with van der Waals surface area (Å²) in [5.74, 6) is 2.12. The average molecular weight is 328 g/mol. The van der Waals surface area contributed by atoms with E-state index in [1.165, 1.54) is 25.7 Å². The van der Waals surface area contributed by atoms with Gasteiger partial charge in [0.25, 0.3) is 0 Å². The molecule has 2 unspecified atom stereocenters. The molecule has 0 amide bonds. The fourth-order valence-corrected chi connectivity index (χ4v) is 4.68. The van der Waals surface area contributed by atoms with Gasteiger partial charge in [-0.25, -0.2) is 0 Å². The van der Waals surface area contributed by atoms with Crippen LogP contribution < -0.4 is 5.32 Å². The zero-order valence-electron chi connectivity index (χ0n) is 12.8. The lowest BCUT2D eigenvalue weighted by Gasteiger charge is -2.24. The minimum absolute atomic E-state index is 0.417. The van der Waals surface area contributed by atoms with Gasteiger partial charge in [-0.15, -0.1) is 0 Å². The van der Waals surface area contributed by atoms with Crippen LogP contribution in [0.3, 0.4) is 0 Å². The minimum atomic E-state index is -0.813. The molecule has 4 heteroatoms. The summed E-state index contributed by atoms with van der Waals surface area (Å²) in [5, 5.41) is 4.36. The largest absolute Gasteiger partial charge is 0.313 e. The average Bonchev–Trinajstić information content (AvgIpc) is 3.00. The Morgan fingerprint density at radius 3 is 2.57 bits per heavy atom. The molecule has 1 aromatic carbocycles. The van der Waals surface area contributed by atoms with Crippen LogP contribution in [0.5, 0.6) is 0 Å². The van der Waals surface area contributed by atoms with Crippen LogP contribution in [-0.4, -0.2) is 22.5 Å². The van der Waals surface area contributed by atoms with Crippen molar-refractivity contribution >= 4 is 22.4 Å². The van der Waals surface area contributed by atoms with E-state index in [1.54, 1.807) is 0 Å². The molecule has 2 atom stereocenters. The molecule has 0 spiro atoms. The fourth-order valence-electron chi connectivity index (χ4n) is 3.08. The highest BCUT2D eigenvalue weighted by molar-refractivity contribution is 7.84. The van der Waals surface area contributed by atoms with Crippen molar-refractivity contribution in [3.05, 3.63) is 34.9 Å². The summed E-state index contributed by atoms with van der Waals surface area (Å²) in [5.41, 5.74) is 1.11. The lowest BCUT2D eigenvalue weighted by molar-refractivity contribution is 0.385. The normalized spacial score (nSPS) is 18.8. The molecular formula is C17H26ClNOS. The Morgan fingerprint density at radius 1 is 1.29 bits per heavy atom. The summed E-state index contributed by atoms with van der Waals surface area (Å²) in [7, 11) is -0.813. The van der Waals surface area contributed by atoms with Crippen LogP contribution in [0.4, 0.5) is 0 Å². The third kappa shape index (κ3) is 5.72. The Bertz CT molecular complexity index is 443. The van der Waals surface area contributed by atoms with Crippen molar-refractivity contribution in [2.45, 2.75) is 50.8 Å². The predicted octanol–water partition coefficient (Wildman–Crippen LogP) is 4.15. The Hall–Kier alpha value is -0.380. The second-order valence-electron chi connectivity index (χ2n) is 5.98. The maximum Gasteiger partial charge on any atom is 0.0486 e. The first-order valence-corrected chi connectivity index (χ1v) is 9.88. The molecule has 1 aromatic rings. The van der Waals surface area contributed by atoms with E-state index in [0.717, 1.165) is 29.3 Å². The molecule has 118 valence electrons. The zero-order chi connectivity index (χ0) is 15.1. The van der Waals surface area contributed by atoms with Gasteiger partial charge in [-0.2, -0.15) is 0 Å². The lowest BCUT2D eigenvalue weighted by Crippen LogP contribution is -2.40. The molecule has 1 aliphatic carbocycles. The van der Waals surface area contributed by atoms with E-state index >= 15 is 0 Å². The lowest BCUT2D eigenvalue weighted by atomic mass is 10.00. The molecule has 0 aromatic heterocycles. The number of rotatable bonds is 8. The van der Waals surface area contributed by atoms with Crippen LogP contribution >= 0.6 is 11.6 Å². The van der Waals surface area contributed by atoms with Crippen LogP contribution in [0.1, 0.15) is 44.6 Å². The van der Waals surface area contributed by atoms with E-state index in [-0.39, 0.29) is 0 Å². The Balaban J connectivity index is 1.88. The molecule has 0 aliphatic heterocycles. The highest BCUT2D eigenvalue weighted by atomic mass is 35.5. The Kier molecular flexibility index (Phi) is 7.21. The van der Waals surface area contributed by atoms with Crippen LogP contribution in [-0.2, 0) is 16.6 Å². The summed E-state index contributed by atoms with van der Waals surface area (Å²) in [4.78, 5) is 0. The zero-order valence-corrected chi connectivity index (χ0v) is 14.4. The molecular weight excluding hydrogens is 302 g/mol. The highest BCUT2D eigenvalue weighted by Crippen LogP contribution is 2.28. The number of nitrogens with one attached hydrogen (secondary N) is 1. The summed E-state index contributed by atoms with van der Waals surface area (Å²) in [6, 6.07) is 8.12. The minimum Gasteiger partial charge on any atom is -0.313 e. The predicted molar refractivity (Wildman–Crippen MR) is 92.2 cm³/mol. The van der Waals surface area contributed by atoms with Gasteiger partial charge in [0.05, 0.1) is 0 Å². The maximum absolute atomic E-state index is 12.5. The smallest absolute Gasteiger partial charge is 0.0486 e. The molecule has 1 N–H and O–H groups in total. The van der Waals surface area contributed by atoms with Crippen LogP contribution in [0.2, 0.25) is 5.02 Å². The van der Waals surface area contributed by atoms with Crippen molar-refractivity contribution in [3.63, 3.8) is 0 Å². The third-order valence-electron chi connectivity index (χ3n) is 4.23. The van der Waals surface area contributed by atoms with Crippen LogP contribution in [0.15, 0.2) is 24.3 Å². The highest BCUT2D eigenvalue weighted by Gasteiger charge is 2.25. The van der Waals surface area contributed by atoms with Crippen molar-refractivity contribution in [1.29, 1.82) is 0 Å². The molecule has 0 radical (unpaired) electrons. The van der Waals surface area contributed by atoms with E-state index in [1.807, 2.05) is 24.3 Å².